The van der Waals surface area contributed by atoms with Gasteiger partial charge >= 0.3 is 26.9 Å². The average Bonchev–Trinajstić information content (AvgIpc) is 0.825. The first kappa shape index (κ1) is 58.8. The van der Waals surface area contributed by atoms with Crippen LogP contribution in [0.1, 0.15) is 16.7 Å². The topological polar surface area (TPSA) is 150 Å². The molecule has 23 heteroatoms. The van der Waals surface area contributed by atoms with Crippen molar-refractivity contribution in [3.8, 4) is 102 Å². The van der Waals surface area contributed by atoms with E-state index >= 15 is 4.57 Å². The van der Waals surface area contributed by atoms with Crippen molar-refractivity contribution in [1.82, 2.24) is 29.9 Å². The zero-order chi connectivity index (χ0) is 62.4. The molecule has 0 saturated heterocycles. The van der Waals surface area contributed by atoms with Crippen LogP contribution in [0.25, 0.3) is 100 Å². The van der Waals surface area contributed by atoms with E-state index in [2.05, 4.69) is 29.2 Å². The molecule has 0 radical (unpaired) electrons. The summed E-state index contributed by atoms with van der Waals surface area (Å²) in [5.41, 5.74) is 7.59. The number of pyridine rings is 6. The van der Waals surface area contributed by atoms with Gasteiger partial charge in [0.1, 0.15) is 34.5 Å². The fourth-order valence-corrected chi connectivity index (χ4v) is 11.5. The summed E-state index contributed by atoms with van der Waals surface area (Å²) >= 11 is 0. The Hall–Kier alpha value is -10.6. The SMILES string of the molecule is Cc1c(-c2ccc(-c3ccc(OC(F)(F)F)cc3)nc2)nc2ccccc2c1OP(=O)(Oc1c(C)c(-c2ccc(-c3ccc(OC(F)(F)F)cc3)nc2)nc2ccccc12)Oc1c(C)c(-c2ccc(-c3ccc(OC(F)(F)F)cc3)nc2)nc2ccccc12. The van der Waals surface area contributed by atoms with E-state index < -0.39 is 44.2 Å². The normalized spacial score (nSPS) is 12.1. The van der Waals surface area contributed by atoms with Gasteiger partial charge in [0, 0.05) is 84.8 Å². The van der Waals surface area contributed by atoms with Crippen LogP contribution >= 0.6 is 7.82 Å². The van der Waals surface area contributed by atoms with Crippen LogP contribution in [0, 0.1) is 20.8 Å². The van der Waals surface area contributed by atoms with E-state index in [9.17, 15) is 39.5 Å². The number of para-hydroxylation sites is 3. The van der Waals surface area contributed by atoms with Gasteiger partial charge in [-0.1, -0.05) is 36.4 Å². The molecule has 12 rings (SSSR count). The highest BCUT2D eigenvalue weighted by molar-refractivity contribution is 7.49. The highest BCUT2D eigenvalue weighted by atomic mass is 31.2. The Bertz CT molecular complexity index is 4200. The monoisotopic (exact) mass is 1230 g/mol. The van der Waals surface area contributed by atoms with Gasteiger partial charge in [0.2, 0.25) is 0 Å². The van der Waals surface area contributed by atoms with Crippen molar-refractivity contribution in [2.75, 3.05) is 0 Å². The first-order valence-electron chi connectivity index (χ1n) is 26.8. The molecule has 0 spiro atoms. The van der Waals surface area contributed by atoms with Crippen LogP contribution in [-0.2, 0) is 4.57 Å². The van der Waals surface area contributed by atoms with Gasteiger partial charge in [-0.15, -0.1) is 39.5 Å². The van der Waals surface area contributed by atoms with E-state index in [0.717, 1.165) is 0 Å². The molecule has 0 unspecified atom stereocenters. The predicted octanol–water partition coefficient (Wildman–Crippen LogP) is 18.8. The second-order valence-electron chi connectivity index (χ2n) is 20.0. The fourth-order valence-electron chi connectivity index (χ4n) is 10.0. The van der Waals surface area contributed by atoms with Crippen LogP contribution < -0.4 is 27.8 Å². The van der Waals surface area contributed by atoms with Crippen molar-refractivity contribution in [2.24, 2.45) is 0 Å². The zero-order valence-corrected chi connectivity index (χ0v) is 47.3. The summed E-state index contributed by atoms with van der Waals surface area (Å²) in [4.78, 5) is 28.9. The lowest BCUT2D eigenvalue weighted by atomic mass is 10.0. The Labute approximate surface area is 499 Å². The molecule has 6 aromatic heterocycles. The van der Waals surface area contributed by atoms with Gasteiger partial charge in [0.15, 0.2) is 0 Å². The van der Waals surface area contributed by atoms with Gasteiger partial charge in [-0.2, -0.15) is 4.57 Å². The fraction of sp³-hybridized carbons (Fsp3) is 0.0909. The third-order valence-corrected chi connectivity index (χ3v) is 15.3. The number of benzene rings is 6. The quantitative estimate of drug-likeness (QED) is 0.0708. The van der Waals surface area contributed by atoms with Crippen molar-refractivity contribution < 1.29 is 71.9 Å². The Morgan fingerprint density at radius 3 is 0.809 bits per heavy atom. The number of halogens is 9. The molecule has 0 aliphatic carbocycles. The summed E-state index contributed by atoms with van der Waals surface area (Å²) in [7, 11) is -5.18. The second kappa shape index (κ2) is 23.2. The van der Waals surface area contributed by atoms with Crippen molar-refractivity contribution in [3.63, 3.8) is 0 Å². The number of hydrogen-bond donors (Lipinski definition) is 0. The number of alkyl halides is 9. The van der Waals surface area contributed by atoms with Gasteiger partial charge < -0.3 is 27.8 Å². The van der Waals surface area contributed by atoms with Crippen LogP contribution in [0.15, 0.2) is 201 Å². The minimum Gasteiger partial charge on any atom is -0.406 e. The lowest BCUT2D eigenvalue weighted by Gasteiger charge is -2.25. The average molecular weight is 1230 g/mol. The number of ether oxygens (including phenoxy) is 3. The Balaban J connectivity index is 0.973. The molecule has 6 heterocycles. The van der Waals surface area contributed by atoms with Crippen molar-refractivity contribution in [1.29, 1.82) is 0 Å². The van der Waals surface area contributed by atoms with Crippen molar-refractivity contribution in [3.05, 3.63) is 217 Å². The van der Waals surface area contributed by atoms with Crippen LogP contribution in [-0.4, -0.2) is 49.0 Å². The number of nitrogens with zero attached hydrogens (tertiary/aromatic N) is 6. The maximum atomic E-state index is 16.8. The number of phosphoric acid groups is 1. The molecule has 6 aromatic carbocycles. The van der Waals surface area contributed by atoms with Crippen LogP contribution in [0.5, 0.6) is 34.5 Å². The Morgan fingerprint density at radius 1 is 0.326 bits per heavy atom. The molecule has 13 nitrogen and oxygen atoms in total. The molecule has 0 aliphatic heterocycles. The van der Waals surface area contributed by atoms with Gasteiger partial charge in [0.05, 0.1) is 50.7 Å². The maximum absolute atomic E-state index is 16.8. The second-order valence-corrected chi connectivity index (χ2v) is 21.5. The summed E-state index contributed by atoms with van der Waals surface area (Å²) in [6, 6.07) is 46.8. The number of fused-ring (bicyclic) bond motifs is 3. The predicted molar refractivity (Wildman–Crippen MR) is 315 cm³/mol. The number of hydrogen-bond acceptors (Lipinski definition) is 13. The smallest absolute Gasteiger partial charge is 0.406 e. The lowest BCUT2D eigenvalue weighted by Crippen LogP contribution is -2.16. The van der Waals surface area contributed by atoms with Gasteiger partial charge in [0.25, 0.3) is 0 Å². The third kappa shape index (κ3) is 12.9. The molecule has 0 amide bonds. The molecule has 0 bridgehead atoms. The summed E-state index contributed by atoms with van der Waals surface area (Å²) in [6.45, 7) is 5.13. The Morgan fingerprint density at radius 2 is 0.573 bits per heavy atom. The molecule has 0 fully saturated rings. The van der Waals surface area contributed by atoms with Crippen molar-refractivity contribution >= 4 is 40.5 Å². The van der Waals surface area contributed by atoms with Crippen LogP contribution in [0.3, 0.4) is 0 Å². The molecule has 0 aliphatic rings. The molecule has 446 valence electrons. The van der Waals surface area contributed by atoms with E-state index in [0.29, 0.717) is 117 Å². The molecular formula is C66H42F9N6O7P. The minimum absolute atomic E-state index is 0.0429. The first-order chi connectivity index (χ1) is 42.5. The summed E-state index contributed by atoms with van der Waals surface area (Å²) in [5.74, 6) is -1.07. The number of rotatable bonds is 15. The molecule has 0 atom stereocenters. The molecule has 89 heavy (non-hydrogen) atoms. The van der Waals surface area contributed by atoms with Crippen molar-refractivity contribution in [2.45, 2.75) is 39.9 Å². The summed E-state index contributed by atoms with van der Waals surface area (Å²) < 4.78 is 166. The standard InChI is InChI=1S/C66H42F9N6O7P/c1-37-58(43-22-31-52(76-34-43)40-16-25-46(26-17-40)83-64(67,68)69)79-55-13-7-4-10-49(55)61(37)86-89(82,87-62-38(2)59(80-56-14-8-5-11-50(56)62)44-23-32-53(77-35-44)41-18-27-47(28-19-41)84-65(70,71)72)88-63-39(3)60(81-57-15-9-6-12-51(57)63)45-24-33-54(78-36-45)42-20-29-48(30-21-42)85-66(73,74)75/h4-36H,1-3H3. The Kier molecular flexibility index (Phi) is 15.4. The van der Waals surface area contributed by atoms with E-state index in [1.54, 1.807) is 130 Å². The van der Waals surface area contributed by atoms with Gasteiger partial charge in [-0.05, 0) is 166 Å². The van der Waals surface area contributed by atoms with E-state index in [1.807, 2.05) is 0 Å². The van der Waals surface area contributed by atoms with E-state index in [-0.39, 0.29) is 17.2 Å². The van der Waals surface area contributed by atoms with Gasteiger partial charge in [-0.3, -0.25) is 15.0 Å². The first-order valence-corrected chi connectivity index (χ1v) is 28.3. The summed E-state index contributed by atoms with van der Waals surface area (Å²) in [6.07, 6.45) is -10.0. The van der Waals surface area contributed by atoms with Crippen LogP contribution in [0.2, 0.25) is 0 Å². The number of phosphoric ester groups is 1. The highest BCUT2D eigenvalue weighted by Gasteiger charge is 2.39. The van der Waals surface area contributed by atoms with E-state index in [1.165, 1.54) is 91.4 Å². The molecular weight excluding hydrogens is 1190 g/mol. The van der Waals surface area contributed by atoms with E-state index in [4.69, 9.17) is 28.5 Å². The maximum Gasteiger partial charge on any atom is 0.647 e. The highest BCUT2D eigenvalue weighted by Crippen LogP contribution is 2.56. The minimum atomic E-state index is -5.18. The van der Waals surface area contributed by atoms with Gasteiger partial charge in [-0.25, -0.2) is 15.0 Å². The summed E-state index contributed by atoms with van der Waals surface area (Å²) in [5, 5.41) is 1.22. The van der Waals surface area contributed by atoms with Crippen LogP contribution in [0.4, 0.5) is 39.5 Å². The molecule has 0 N–H and O–H groups in total. The third-order valence-electron chi connectivity index (χ3n) is 14.1. The largest absolute Gasteiger partial charge is 0.647 e. The number of aromatic nitrogens is 6. The molecule has 0 saturated carbocycles. The zero-order valence-electron chi connectivity index (χ0n) is 46.4. The lowest BCUT2D eigenvalue weighted by molar-refractivity contribution is -0.275. The molecule has 12 aromatic rings.